The van der Waals surface area contributed by atoms with Crippen molar-refractivity contribution in [1.29, 1.82) is 0 Å². The molecule has 0 fully saturated rings. The van der Waals surface area contributed by atoms with Crippen LogP contribution in [0.5, 0.6) is 0 Å². The van der Waals surface area contributed by atoms with Crippen LogP contribution in [0.1, 0.15) is 5.56 Å². The van der Waals surface area contributed by atoms with Crippen molar-refractivity contribution in [2.24, 2.45) is 0 Å². The predicted molar refractivity (Wildman–Crippen MR) is 81.7 cm³/mol. The van der Waals surface area contributed by atoms with Gasteiger partial charge in [-0.05, 0) is 36.4 Å². The summed E-state index contributed by atoms with van der Waals surface area (Å²) >= 11 is 12.1. The smallest absolute Gasteiger partial charge is 0.388 e. The average molecular weight is 339 g/mol. The van der Waals surface area contributed by atoms with Gasteiger partial charge in [-0.3, -0.25) is 0 Å². The maximum Gasteiger partial charge on any atom is 0.437 e. The van der Waals surface area contributed by atoms with Crippen LogP contribution in [0.25, 0.3) is 11.5 Å². The summed E-state index contributed by atoms with van der Waals surface area (Å²) in [7, 11) is 0. The van der Waals surface area contributed by atoms with Gasteiger partial charge in [-0.2, -0.15) is 4.68 Å². The van der Waals surface area contributed by atoms with Crippen LogP contribution < -0.4 is 5.76 Å². The van der Waals surface area contributed by atoms with E-state index in [1.165, 1.54) is 24.3 Å². The Morgan fingerprint density at radius 3 is 2.36 bits per heavy atom. The molecule has 0 aliphatic heterocycles. The molecule has 2 aromatic carbocycles. The fraction of sp³-hybridized carbons (Fsp3) is 0.0667. The highest BCUT2D eigenvalue weighted by Gasteiger charge is 2.13. The van der Waals surface area contributed by atoms with E-state index in [-0.39, 0.29) is 18.3 Å². The lowest BCUT2D eigenvalue weighted by atomic mass is 10.2. The fourth-order valence-corrected chi connectivity index (χ4v) is 2.47. The Morgan fingerprint density at radius 2 is 1.73 bits per heavy atom. The van der Waals surface area contributed by atoms with Crippen molar-refractivity contribution in [3.05, 3.63) is 74.4 Å². The molecule has 112 valence electrons. The molecule has 3 aromatic rings. The van der Waals surface area contributed by atoms with Crippen LogP contribution in [0, 0.1) is 5.82 Å². The van der Waals surface area contributed by atoms with Crippen LogP contribution >= 0.6 is 23.2 Å². The van der Waals surface area contributed by atoms with E-state index in [4.69, 9.17) is 27.6 Å². The molecule has 1 heterocycles. The second kappa shape index (κ2) is 5.94. The van der Waals surface area contributed by atoms with Crippen molar-refractivity contribution in [3.63, 3.8) is 0 Å². The number of hydrogen-bond acceptors (Lipinski definition) is 3. The zero-order valence-electron chi connectivity index (χ0n) is 11.1. The van der Waals surface area contributed by atoms with E-state index in [1.54, 1.807) is 18.2 Å². The summed E-state index contributed by atoms with van der Waals surface area (Å²) < 4.78 is 19.1. The maximum atomic E-state index is 12.9. The van der Waals surface area contributed by atoms with Gasteiger partial charge in [-0.1, -0.05) is 29.3 Å². The van der Waals surface area contributed by atoms with Crippen molar-refractivity contribution in [2.75, 3.05) is 0 Å². The summed E-state index contributed by atoms with van der Waals surface area (Å²) in [6.45, 7) is 0.0854. The minimum absolute atomic E-state index is 0.0854. The topological polar surface area (TPSA) is 48.0 Å². The first kappa shape index (κ1) is 14.8. The summed E-state index contributed by atoms with van der Waals surface area (Å²) in [5, 5.41) is 4.96. The molecule has 0 aliphatic rings. The van der Waals surface area contributed by atoms with Crippen LogP contribution in [0.15, 0.2) is 51.7 Å². The molecule has 0 saturated carbocycles. The number of nitrogens with zero attached hydrogens (tertiary/aromatic N) is 2. The van der Waals surface area contributed by atoms with Gasteiger partial charge in [0.05, 0.1) is 6.54 Å². The van der Waals surface area contributed by atoms with Gasteiger partial charge in [0.25, 0.3) is 0 Å². The van der Waals surface area contributed by atoms with E-state index < -0.39 is 5.76 Å². The first-order chi connectivity index (χ1) is 10.5. The Kier molecular flexibility index (Phi) is 4.00. The summed E-state index contributed by atoms with van der Waals surface area (Å²) in [5.41, 5.74) is 1.08. The lowest BCUT2D eigenvalue weighted by Gasteiger charge is -2.05. The number of aromatic nitrogens is 2. The summed E-state index contributed by atoms with van der Waals surface area (Å²) in [4.78, 5) is 11.9. The molecule has 0 unspecified atom stereocenters. The van der Waals surface area contributed by atoms with E-state index in [0.29, 0.717) is 21.2 Å². The Bertz CT molecular complexity index is 852. The first-order valence-electron chi connectivity index (χ1n) is 6.31. The lowest BCUT2D eigenvalue weighted by Crippen LogP contribution is -2.17. The van der Waals surface area contributed by atoms with Crippen LogP contribution in [-0.4, -0.2) is 9.78 Å². The Balaban J connectivity index is 1.96. The van der Waals surface area contributed by atoms with Crippen molar-refractivity contribution in [1.82, 2.24) is 9.78 Å². The molecule has 1 aromatic heterocycles. The Labute approximate surface area is 134 Å². The maximum absolute atomic E-state index is 12.9. The number of halogens is 3. The highest BCUT2D eigenvalue weighted by atomic mass is 35.5. The molecule has 0 bridgehead atoms. The molecular formula is C15H9Cl2FN2O2. The molecule has 3 rings (SSSR count). The quantitative estimate of drug-likeness (QED) is 0.725. The molecule has 0 radical (unpaired) electrons. The van der Waals surface area contributed by atoms with Crippen molar-refractivity contribution in [3.8, 4) is 11.5 Å². The van der Waals surface area contributed by atoms with Crippen LogP contribution in [0.2, 0.25) is 10.0 Å². The molecule has 22 heavy (non-hydrogen) atoms. The second-order valence-electron chi connectivity index (χ2n) is 4.54. The molecule has 0 atom stereocenters. The Morgan fingerprint density at radius 1 is 1.09 bits per heavy atom. The third-order valence-electron chi connectivity index (χ3n) is 3.07. The summed E-state index contributed by atoms with van der Waals surface area (Å²) in [5.74, 6) is -0.920. The van der Waals surface area contributed by atoms with Gasteiger partial charge in [0.1, 0.15) is 5.82 Å². The molecule has 0 spiro atoms. The first-order valence-corrected chi connectivity index (χ1v) is 7.07. The van der Waals surface area contributed by atoms with Crippen LogP contribution in [0.3, 0.4) is 0 Å². The van der Waals surface area contributed by atoms with Crippen LogP contribution in [-0.2, 0) is 6.54 Å². The molecule has 0 amide bonds. The summed E-state index contributed by atoms with van der Waals surface area (Å²) in [6, 6.07) is 10.5. The average Bonchev–Trinajstić information content (AvgIpc) is 2.85. The third kappa shape index (κ3) is 2.91. The minimum atomic E-state index is -0.643. The molecular weight excluding hydrogens is 330 g/mol. The van der Waals surface area contributed by atoms with Gasteiger partial charge in [-0.25, -0.2) is 9.18 Å². The number of hydrogen-bond donors (Lipinski definition) is 0. The van der Waals surface area contributed by atoms with E-state index in [1.807, 2.05) is 0 Å². The van der Waals surface area contributed by atoms with Gasteiger partial charge in [0, 0.05) is 21.2 Å². The van der Waals surface area contributed by atoms with E-state index in [9.17, 15) is 9.18 Å². The fourth-order valence-electron chi connectivity index (χ4n) is 1.95. The Hall–Kier alpha value is -2.11. The minimum Gasteiger partial charge on any atom is -0.388 e. The molecule has 4 nitrogen and oxygen atoms in total. The highest BCUT2D eigenvalue weighted by molar-refractivity contribution is 6.35. The monoisotopic (exact) mass is 338 g/mol. The largest absolute Gasteiger partial charge is 0.437 e. The van der Waals surface area contributed by atoms with Crippen molar-refractivity contribution < 1.29 is 8.81 Å². The van der Waals surface area contributed by atoms with E-state index in [0.717, 1.165) is 4.68 Å². The van der Waals surface area contributed by atoms with Crippen molar-refractivity contribution in [2.45, 2.75) is 6.54 Å². The SMILES string of the molecule is O=c1oc(-c2ccc(F)cc2)nn1Cc1c(Cl)cccc1Cl. The van der Waals surface area contributed by atoms with Gasteiger partial charge < -0.3 is 4.42 Å². The van der Waals surface area contributed by atoms with Crippen LogP contribution in [0.4, 0.5) is 4.39 Å². The van der Waals surface area contributed by atoms with Gasteiger partial charge in [-0.15, -0.1) is 5.10 Å². The third-order valence-corrected chi connectivity index (χ3v) is 3.78. The van der Waals surface area contributed by atoms with E-state index >= 15 is 0 Å². The predicted octanol–water partition coefficient (Wildman–Crippen LogP) is 4.00. The van der Waals surface area contributed by atoms with Gasteiger partial charge in [0.2, 0.25) is 5.89 Å². The summed E-state index contributed by atoms with van der Waals surface area (Å²) in [6.07, 6.45) is 0. The molecule has 7 heteroatoms. The molecule has 0 saturated heterocycles. The standard InChI is InChI=1S/C15H9Cl2FN2O2/c16-12-2-1-3-13(17)11(12)8-20-15(21)22-14(19-20)9-4-6-10(18)7-5-9/h1-7H,8H2. The van der Waals surface area contributed by atoms with Gasteiger partial charge >= 0.3 is 5.76 Å². The zero-order chi connectivity index (χ0) is 15.7. The second-order valence-corrected chi connectivity index (χ2v) is 5.35. The number of rotatable bonds is 3. The zero-order valence-corrected chi connectivity index (χ0v) is 12.6. The van der Waals surface area contributed by atoms with Crippen molar-refractivity contribution >= 4 is 23.2 Å². The lowest BCUT2D eigenvalue weighted by molar-refractivity contribution is 0.495. The van der Waals surface area contributed by atoms with E-state index in [2.05, 4.69) is 5.10 Å². The van der Waals surface area contributed by atoms with Gasteiger partial charge in [0.15, 0.2) is 0 Å². The molecule has 0 aliphatic carbocycles. The number of benzene rings is 2. The normalized spacial score (nSPS) is 10.9. The highest BCUT2D eigenvalue weighted by Crippen LogP contribution is 2.25. The molecule has 0 N–H and O–H groups in total.